The highest BCUT2D eigenvalue weighted by Crippen LogP contribution is 2.29. The SMILES string of the molecule is O=[C]N1CCC(c2nc(Cn3ccc(O)cc3=O)cs2)CC1. The summed E-state index contributed by atoms with van der Waals surface area (Å²) in [7, 11) is 0. The maximum absolute atomic E-state index is 11.8. The van der Waals surface area contributed by atoms with Crippen LogP contribution in [0.3, 0.4) is 0 Å². The fourth-order valence-corrected chi connectivity index (χ4v) is 3.59. The van der Waals surface area contributed by atoms with Gasteiger partial charge in [-0.15, -0.1) is 11.3 Å². The average Bonchev–Trinajstić information content (AvgIpc) is 2.99. The summed E-state index contributed by atoms with van der Waals surface area (Å²) < 4.78 is 1.52. The zero-order chi connectivity index (χ0) is 15.5. The molecule has 1 N–H and O–H groups in total. The molecule has 115 valence electrons. The molecule has 1 aliphatic rings. The van der Waals surface area contributed by atoms with Crippen LogP contribution in [0.4, 0.5) is 0 Å². The summed E-state index contributed by atoms with van der Waals surface area (Å²) in [5.41, 5.74) is 0.599. The molecule has 2 aromatic rings. The lowest BCUT2D eigenvalue weighted by atomic mass is 9.98. The molecule has 0 saturated carbocycles. The van der Waals surface area contributed by atoms with Crippen molar-refractivity contribution in [3.8, 4) is 5.75 Å². The van der Waals surface area contributed by atoms with Crippen LogP contribution >= 0.6 is 11.3 Å². The third-order valence-corrected chi connectivity index (χ3v) is 4.91. The van der Waals surface area contributed by atoms with Gasteiger partial charge in [-0.25, -0.2) is 4.98 Å². The van der Waals surface area contributed by atoms with Gasteiger partial charge < -0.3 is 14.6 Å². The van der Waals surface area contributed by atoms with E-state index >= 15 is 0 Å². The Labute approximate surface area is 131 Å². The third kappa shape index (κ3) is 3.19. The van der Waals surface area contributed by atoms with Crippen LogP contribution in [0.2, 0.25) is 0 Å². The van der Waals surface area contributed by atoms with Gasteiger partial charge >= 0.3 is 6.41 Å². The second-order valence-corrected chi connectivity index (χ2v) is 6.27. The van der Waals surface area contributed by atoms with Crippen molar-refractivity contribution < 1.29 is 9.90 Å². The van der Waals surface area contributed by atoms with E-state index in [1.54, 1.807) is 22.4 Å². The number of pyridine rings is 1. The Morgan fingerprint density at radius 2 is 2.18 bits per heavy atom. The standard InChI is InChI=1S/C15H16N3O3S/c19-10-17-4-1-11(2-5-17)15-16-12(9-22-15)8-18-6-3-13(20)7-14(18)21/h3,6-7,9,11,20H,1-2,4-5,8H2. The molecule has 6 nitrogen and oxygen atoms in total. The van der Waals surface area contributed by atoms with Gasteiger partial charge in [0.1, 0.15) is 5.75 Å². The molecule has 22 heavy (non-hydrogen) atoms. The lowest BCUT2D eigenvalue weighted by molar-refractivity contribution is 0.297. The van der Waals surface area contributed by atoms with Crippen LogP contribution in [0.15, 0.2) is 28.5 Å². The van der Waals surface area contributed by atoms with Crippen LogP contribution in [0, 0.1) is 0 Å². The molecule has 3 heterocycles. The van der Waals surface area contributed by atoms with Gasteiger partial charge in [-0.3, -0.25) is 9.59 Å². The second kappa shape index (κ2) is 6.31. The van der Waals surface area contributed by atoms with Crippen LogP contribution < -0.4 is 5.56 Å². The van der Waals surface area contributed by atoms with Gasteiger partial charge in [0, 0.05) is 36.7 Å². The summed E-state index contributed by atoms with van der Waals surface area (Å²) in [5.74, 6) is 0.346. The molecule has 7 heteroatoms. The van der Waals surface area contributed by atoms with Gasteiger partial charge in [0.25, 0.3) is 5.56 Å². The van der Waals surface area contributed by atoms with Gasteiger partial charge in [0.15, 0.2) is 0 Å². The molecule has 1 saturated heterocycles. The van der Waals surface area contributed by atoms with Gasteiger partial charge in [0.2, 0.25) is 0 Å². The first-order valence-corrected chi connectivity index (χ1v) is 8.00. The molecule has 1 aliphatic heterocycles. The maximum Gasteiger partial charge on any atom is 0.312 e. The Kier molecular flexibility index (Phi) is 4.24. The minimum Gasteiger partial charge on any atom is -0.508 e. The van der Waals surface area contributed by atoms with Crippen molar-refractivity contribution in [2.24, 2.45) is 0 Å². The number of thiazole rings is 1. The summed E-state index contributed by atoms with van der Waals surface area (Å²) in [4.78, 5) is 28.7. The number of amides is 1. The van der Waals surface area contributed by atoms with Crippen LogP contribution in [0.5, 0.6) is 5.75 Å². The molecular weight excluding hydrogens is 302 g/mol. The normalized spacial score (nSPS) is 15.9. The number of hydrogen-bond donors (Lipinski definition) is 1. The Balaban J connectivity index is 1.69. The maximum atomic E-state index is 11.8. The molecule has 3 rings (SSSR count). The zero-order valence-electron chi connectivity index (χ0n) is 11.9. The zero-order valence-corrected chi connectivity index (χ0v) is 12.8. The van der Waals surface area contributed by atoms with Crippen molar-refractivity contribution >= 4 is 17.7 Å². The first-order valence-electron chi connectivity index (χ1n) is 7.12. The van der Waals surface area contributed by atoms with Crippen LogP contribution in [-0.4, -0.2) is 39.1 Å². The van der Waals surface area contributed by atoms with Gasteiger partial charge in [-0.1, -0.05) is 0 Å². The Bertz CT molecular complexity index is 717. The number of piperidine rings is 1. The molecule has 1 amide bonds. The fourth-order valence-electron chi connectivity index (χ4n) is 2.60. The predicted octanol–water partition coefficient (Wildman–Crippen LogP) is 1.31. The van der Waals surface area contributed by atoms with E-state index in [-0.39, 0.29) is 11.3 Å². The fraction of sp³-hybridized carbons (Fsp3) is 0.400. The lowest BCUT2D eigenvalue weighted by Gasteiger charge is -2.27. The number of likely N-dealkylation sites (tertiary alicyclic amines) is 1. The van der Waals surface area contributed by atoms with E-state index in [0.29, 0.717) is 12.5 Å². The molecule has 0 bridgehead atoms. The number of aromatic hydroxyl groups is 1. The van der Waals surface area contributed by atoms with Crippen LogP contribution in [-0.2, 0) is 11.3 Å². The predicted molar refractivity (Wildman–Crippen MR) is 82.8 cm³/mol. The number of hydrogen-bond acceptors (Lipinski definition) is 5. The summed E-state index contributed by atoms with van der Waals surface area (Å²) in [6.45, 7) is 1.84. The molecule has 0 aromatic carbocycles. The van der Waals surface area contributed by atoms with Crippen molar-refractivity contribution in [1.82, 2.24) is 14.5 Å². The molecule has 1 radical (unpaired) electrons. The largest absolute Gasteiger partial charge is 0.508 e. The van der Waals surface area contributed by atoms with E-state index < -0.39 is 0 Å². The first kappa shape index (κ1) is 14.8. The first-order chi connectivity index (χ1) is 10.7. The average molecular weight is 318 g/mol. The van der Waals surface area contributed by atoms with E-state index in [1.807, 2.05) is 11.8 Å². The smallest absolute Gasteiger partial charge is 0.312 e. The Morgan fingerprint density at radius 3 is 2.86 bits per heavy atom. The molecule has 0 aliphatic carbocycles. The monoisotopic (exact) mass is 318 g/mol. The number of aromatic nitrogens is 2. The molecule has 1 fully saturated rings. The summed E-state index contributed by atoms with van der Waals surface area (Å²) >= 11 is 1.60. The Morgan fingerprint density at radius 1 is 1.41 bits per heavy atom. The van der Waals surface area contributed by atoms with Gasteiger partial charge in [-0.2, -0.15) is 0 Å². The minimum atomic E-state index is -0.246. The molecule has 2 aromatic heterocycles. The van der Waals surface area contributed by atoms with Gasteiger partial charge in [0.05, 0.1) is 17.2 Å². The van der Waals surface area contributed by atoms with E-state index in [1.165, 1.54) is 16.7 Å². The van der Waals surface area contributed by atoms with Gasteiger partial charge in [-0.05, 0) is 18.9 Å². The Hall–Kier alpha value is -2.15. The van der Waals surface area contributed by atoms with Crippen molar-refractivity contribution in [3.63, 3.8) is 0 Å². The van der Waals surface area contributed by atoms with E-state index in [2.05, 4.69) is 4.98 Å². The quantitative estimate of drug-likeness (QED) is 0.922. The summed E-state index contributed by atoms with van der Waals surface area (Å²) in [6, 6.07) is 2.68. The van der Waals surface area contributed by atoms with Crippen molar-refractivity contribution in [1.29, 1.82) is 0 Å². The van der Waals surface area contributed by atoms with E-state index in [9.17, 15) is 14.7 Å². The number of nitrogens with zero attached hydrogens (tertiary/aromatic N) is 3. The van der Waals surface area contributed by atoms with Crippen LogP contribution in [0.25, 0.3) is 0 Å². The van der Waals surface area contributed by atoms with Crippen molar-refractivity contribution in [3.05, 3.63) is 44.8 Å². The summed E-state index contributed by atoms with van der Waals surface area (Å²) in [6.07, 6.45) is 5.31. The van der Waals surface area contributed by atoms with Crippen molar-refractivity contribution in [2.45, 2.75) is 25.3 Å². The second-order valence-electron chi connectivity index (χ2n) is 5.38. The van der Waals surface area contributed by atoms with Crippen molar-refractivity contribution in [2.75, 3.05) is 13.1 Å². The van der Waals surface area contributed by atoms with E-state index in [4.69, 9.17) is 0 Å². The summed E-state index contributed by atoms with van der Waals surface area (Å²) in [5, 5.41) is 12.3. The molecule has 0 unspecified atom stereocenters. The lowest BCUT2D eigenvalue weighted by Crippen LogP contribution is -2.31. The third-order valence-electron chi connectivity index (χ3n) is 3.85. The minimum absolute atomic E-state index is 0.0287. The highest BCUT2D eigenvalue weighted by molar-refractivity contribution is 7.09. The van der Waals surface area contributed by atoms with E-state index in [0.717, 1.165) is 36.6 Å². The topological polar surface area (TPSA) is 75.4 Å². The highest BCUT2D eigenvalue weighted by Gasteiger charge is 2.22. The highest BCUT2D eigenvalue weighted by atomic mass is 32.1. The molecule has 0 atom stereocenters. The molecular formula is C15H16N3O3S. The van der Waals surface area contributed by atoms with Crippen LogP contribution in [0.1, 0.15) is 29.5 Å². The molecule has 0 spiro atoms. The number of carbonyl (C=O) groups excluding carboxylic acids is 1. The number of rotatable bonds is 4.